The van der Waals surface area contributed by atoms with Crippen molar-refractivity contribution >= 4 is 21.8 Å². The number of fused-ring (bicyclic) bond motifs is 1. The van der Waals surface area contributed by atoms with Gasteiger partial charge in [-0.15, -0.1) is 0 Å². The number of hydrogen-bond acceptors (Lipinski definition) is 4. The summed E-state index contributed by atoms with van der Waals surface area (Å²) in [5, 5.41) is 2.60. The molecule has 154 valence electrons. The molecule has 0 saturated heterocycles. The van der Waals surface area contributed by atoms with Gasteiger partial charge in [-0.2, -0.15) is 4.31 Å². The smallest absolute Gasteiger partial charge is 0.410 e. The van der Waals surface area contributed by atoms with Crippen LogP contribution in [-0.2, 0) is 23.0 Å². The van der Waals surface area contributed by atoms with Crippen molar-refractivity contribution in [1.82, 2.24) is 4.31 Å². The number of anilines is 1. The number of nitrogens with one attached hydrogen (secondary N) is 1. The molecule has 1 heterocycles. The Hall–Kier alpha value is -3.16. The molecule has 6 nitrogen and oxygen atoms in total. The lowest BCUT2D eigenvalue weighted by atomic mass is 9.99. The molecule has 1 aliphatic rings. The van der Waals surface area contributed by atoms with Crippen molar-refractivity contribution in [3.63, 3.8) is 0 Å². The molecule has 0 spiro atoms. The van der Waals surface area contributed by atoms with Gasteiger partial charge < -0.3 is 4.74 Å². The number of aryl methyl sites for hydroxylation is 1. The van der Waals surface area contributed by atoms with Crippen molar-refractivity contribution in [3.05, 3.63) is 89.5 Å². The van der Waals surface area contributed by atoms with E-state index in [-0.39, 0.29) is 4.90 Å². The van der Waals surface area contributed by atoms with Crippen LogP contribution in [0.3, 0.4) is 0 Å². The monoisotopic (exact) mass is 422 g/mol. The molecule has 0 aromatic heterocycles. The van der Waals surface area contributed by atoms with Gasteiger partial charge >= 0.3 is 6.09 Å². The minimum atomic E-state index is -3.62. The SMILES string of the molecule is Cc1ccc2c(c1)CN(S(=O)(=O)c1ccc(NC(=O)Oc3ccccc3)cc1)CC2. The lowest BCUT2D eigenvalue weighted by Crippen LogP contribution is -2.36. The fourth-order valence-electron chi connectivity index (χ4n) is 3.46. The summed E-state index contributed by atoms with van der Waals surface area (Å²) in [4.78, 5) is 12.2. The van der Waals surface area contributed by atoms with E-state index >= 15 is 0 Å². The normalized spacial score (nSPS) is 14.0. The lowest BCUT2D eigenvalue weighted by molar-refractivity contribution is 0.215. The second kappa shape index (κ2) is 8.30. The number of benzene rings is 3. The molecule has 4 rings (SSSR count). The quantitative estimate of drug-likeness (QED) is 0.678. The van der Waals surface area contributed by atoms with E-state index in [4.69, 9.17) is 4.74 Å². The van der Waals surface area contributed by atoms with Gasteiger partial charge in [0, 0.05) is 18.8 Å². The van der Waals surface area contributed by atoms with E-state index in [0.717, 1.165) is 11.1 Å². The number of nitrogens with zero attached hydrogens (tertiary/aromatic N) is 1. The summed E-state index contributed by atoms with van der Waals surface area (Å²) in [6.45, 7) is 2.81. The highest BCUT2D eigenvalue weighted by molar-refractivity contribution is 7.89. The van der Waals surface area contributed by atoms with Crippen molar-refractivity contribution < 1.29 is 17.9 Å². The third kappa shape index (κ3) is 4.37. The average Bonchev–Trinajstić information content (AvgIpc) is 2.74. The highest BCUT2D eigenvalue weighted by atomic mass is 32.2. The Morgan fingerprint density at radius 1 is 0.967 bits per heavy atom. The molecule has 30 heavy (non-hydrogen) atoms. The Bertz CT molecular complexity index is 1160. The first-order chi connectivity index (χ1) is 14.4. The summed E-state index contributed by atoms with van der Waals surface area (Å²) in [5.74, 6) is 0.426. The first-order valence-electron chi connectivity index (χ1n) is 9.64. The third-order valence-electron chi connectivity index (χ3n) is 5.03. The molecule has 1 amide bonds. The van der Waals surface area contributed by atoms with Gasteiger partial charge in [-0.3, -0.25) is 5.32 Å². The molecular weight excluding hydrogens is 400 g/mol. The summed E-state index contributed by atoms with van der Waals surface area (Å²) in [5.41, 5.74) is 3.82. The largest absolute Gasteiger partial charge is 0.417 e. The Labute approximate surface area is 176 Å². The van der Waals surface area contributed by atoms with Crippen LogP contribution in [0, 0.1) is 6.92 Å². The maximum atomic E-state index is 13.1. The standard InChI is InChI=1S/C23H22N2O4S/c1-17-7-8-18-13-14-25(16-19(18)15-17)30(27,28)22-11-9-20(10-12-22)24-23(26)29-21-5-3-2-4-6-21/h2-12,15H,13-14,16H2,1H3,(H,24,26). The summed E-state index contributed by atoms with van der Waals surface area (Å²) in [7, 11) is -3.62. The minimum Gasteiger partial charge on any atom is -0.410 e. The highest BCUT2D eigenvalue weighted by Gasteiger charge is 2.28. The van der Waals surface area contributed by atoms with Crippen LogP contribution in [0.5, 0.6) is 5.75 Å². The maximum absolute atomic E-state index is 13.1. The zero-order chi connectivity index (χ0) is 21.1. The van der Waals surface area contributed by atoms with Crippen LogP contribution in [0.15, 0.2) is 77.7 Å². The zero-order valence-corrected chi connectivity index (χ0v) is 17.4. The number of rotatable bonds is 4. The van der Waals surface area contributed by atoms with Crippen LogP contribution < -0.4 is 10.1 Å². The van der Waals surface area contributed by atoms with Gasteiger partial charge in [-0.1, -0.05) is 42.0 Å². The molecule has 0 saturated carbocycles. The Morgan fingerprint density at radius 2 is 1.70 bits per heavy atom. The molecule has 0 fully saturated rings. The fourth-order valence-corrected chi connectivity index (χ4v) is 4.88. The average molecular weight is 423 g/mol. The maximum Gasteiger partial charge on any atom is 0.417 e. The fraction of sp³-hybridized carbons (Fsp3) is 0.174. The number of amides is 1. The number of sulfonamides is 1. The topological polar surface area (TPSA) is 75.7 Å². The van der Waals surface area contributed by atoms with Crippen LogP contribution in [0.25, 0.3) is 0 Å². The molecule has 1 aliphatic heterocycles. The van der Waals surface area contributed by atoms with Crippen molar-refractivity contribution in [2.75, 3.05) is 11.9 Å². The Balaban J connectivity index is 1.45. The van der Waals surface area contributed by atoms with E-state index < -0.39 is 16.1 Å². The van der Waals surface area contributed by atoms with E-state index in [1.165, 1.54) is 22.0 Å². The van der Waals surface area contributed by atoms with Crippen LogP contribution in [-0.4, -0.2) is 25.4 Å². The van der Waals surface area contributed by atoms with Crippen LogP contribution in [0.1, 0.15) is 16.7 Å². The second-order valence-electron chi connectivity index (χ2n) is 7.21. The van der Waals surface area contributed by atoms with E-state index in [2.05, 4.69) is 17.4 Å². The van der Waals surface area contributed by atoms with E-state index in [1.807, 2.05) is 19.1 Å². The van der Waals surface area contributed by atoms with Gasteiger partial charge in [0.2, 0.25) is 10.0 Å². The highest BCUT2D eigenvalue weighted by Crippen LogP contribution is 2.26. The molecular formula is C23H22N2O4S. The molecule has 0 aliphatic carbocycles. The number of carbonyl (C=O) groups is 1. The number of hydrogen-bond donors (Lipinski definition) is 1. The Morgan fingerprint density at radius 3 is 2.43 bits per heavy atom. The number of ether oxygens (including phenoxy) is 1. The van der Waals surface area contributed by atoms with Gasteiger partial charge in [0.05, 0.1) is 4.90 Å². The minimum absolute atomic E-state index is 0.195. The van der Waals surface area contributed by atoms with Crippen LogP contribution in [0.4, 0.5) is 10.5 Å². The van der Waals surface area contributed by atoms with Crippen LogP contribution >= 0.6 is 0 Å². The number of carbonyl (C=O) groups excluding carboxylic acids is 1. The summed E-state index contributed by atoms with van der Waals surface area (Å²) >= 11 is 0. The predicted octanol–water partition coefficient (Wildman–Crippen LogP) is 4.35. The molecule has 3 aromatic carbocycles. The van der Waals surface area contributed by atoms with Crippen molar-refractivity contribution in [2.24, 2.45) is 0 Å². The molecule has 1 N–H and O–H groups in total. The third-order valence-corrected chi connectivity index (χ3v) is 6.89. The molecule has 0 unspecified atom stereocenters. The van der Waals surface area contributed by atoms with E-state index in [1.54, 1.807) is 36.4 Å². The van der Waals surface area contributed by atoms with Gasteiger partial charge in [0.15, 0.2) is 0 Å². The van der Waals surface area contributed by atoms with E-state index in [9.17, 15) is 13.2 Å². The van der Waals surface area contributed by atoms with Gasteiger partial charge in [0.25, 0.3) is 0 Å². The molecule has 0 bridgehead atoms. The summed E-state index contributed by atoms with van der Waals surface area (Å²) < 4.78 is 32.8. The second-order valence-corrected chi connectivity index (χ2v) is 9.15. The van der Waals surface area contributed by atoms with Crippen molar-refractivity contribution in [1.29, 1.82) is 0 Å². The molecule has 3 aromatic rings. The first-order valence-corrected chi connectivity index (χ1v) is 11.1. The van der Waals surface area contributed by atoms with Crippen molar-refractivity contribution in [2.45, 2.75) is 24.8 Å². The molecule has 0 atom stereocenters. The van der Waals surface area contributed by atoms with Gasteiger partial charge in [-0.05, 0) is 60.9 Å². The molecule has 0 radical (unpaired) electrons. The lowest BCUT2D eigenvalue weighted by Gasteiger charge is -2.28. The first kappa shape index (κ1) is 20.1. The van der Waals surface area contributed by atoms with Crippen LogP contribution in [0.2, 0.25) is 0 Å². The van der Waals surface area contributed by atoms with E-state index in [0.29, 0.717) is 30.9 Å². The van der Waals surface area contributed by atoms with Gasteiger partial charge in [0.1, 0.15) is 5.75 Å². The van der Waals surface area contributed by atoms with Gasteiger partial charge in [-0.25, -0.2) is 13.2 Å². The summed E-state index contributed by atoms with van der Waals surface area (Å²) in [6.07, 6.45) is 0.0552. The predicted molar refractivity (Wildman–Crippen MR) is 115 cm³/mol. The molecule has 7 heteroatoms. The number of para-hydroxylation sites is 1. The summed E-state index contributed by atoms with van der Waals surface area (Å²) in [6, 6.07) is 21.0. The Kier molecular flexibility index (Phi) is 5.57. The zero-order valence-electron chi connectivity index (χ0n) is 16.5. The van der Waals surface area contributed by atoms with Crippen molar-refractivity contribution in [3.8, 4) is 5.75 Å².